The van der Waals surface area contributed by atoms with Crippen molar-refractivity contribution in [2.24, 2.45) is 5.92 Å². The van der Waals surface area contributed by atoms with E-state index in [1.165, 1.54) is 16.7 Å². The van der Waals surface area contributed by atoms with E-state index in [0.717, 1.165) is 59.6 Å². The van der Waals surface area contributed by atoms with Crippen molar-refractivity contribution in [2.45, 2.75) is 49.7 Å². The molecule has 0 spiro atoms. The molecule has 47 heavy (non-hydrogen) atoms. The van der Waals surface area contributed by atoms with E-state index in [0.29, 0.717) is 26.1 Å². The lowest BCUT2D eigenvalue weighted by molar-refractivity contribution is -0.137. The van der Waals surface area contributed by atoms with E-state index in [9.17, 15) is 32.3 Å². The van der Waals surface area contributed by atoms with Gasteiger partial charge in [-0.2, -0.15) is 13.2 Å². The average molecular weight is 681 g/mol. The maximum atomic E-state index is 14.2. The molecule has 1 N–H and O–H groups in total. The minimum atomic E-state index is -4.80. The summed E-state index contributed by atoms with van der Waals surface area (Å²) in [4.78, 5) is 57.6. The number of benzene rings is 3. The van der Waals surface area contributed by atoms with Gasteiger partial charge in [0, 0.05) is 35.3 Å². The Labute approximate surface area is 277 Å². The largest absolute Gasteiger partial charge is 0.418 e. The molecule has 1 fully saturated rings. The molecule has 2 aliphatic heterocycles. The summed E-state index contributed by atoms with van der Waals surface area (Å²) in [6.45, 7) is 7.11. The number of halogens is 3. The summed E-state index contributed by atoms with van der Waals surface area (Å²) >= 11 is 1.84. The second-order valence-corrected chi connectivity index (χ2v) is 13.5. The van der Waals surface area contributed by atoms with Crippen molar-refractivity contribution in [1.29, 1.82) is 0 Å². The first-order valence-electron chi connectivity index (χ1n) is 15.1. The maximum Gasteiger partial charge on any atom is 0.418 e. The standard InChI is InChI=1S/C34H31F3N4O4S2/c1-4-39(5-2)22-15-13-20(14-16-22)26-27-28(31(44)41(30(27)43)24-12-7-6-11-23(24)34(35,36)37)46-32-29(26)47-33(45)40(32)18-25(42)38-21-10-8-9-19(3)17-21/h6-17,26-28H,4-5,18H2,1-3H3,(H,38,42)/t26-,27?,28?/m1/s1. The van der Waals surface area contributed by atoms with Crippen molar-refractivity contribution in [3.05, 3.63) is 104 Å². The highest BCUT2D eigenvalue weighted by Gasteiger charge is 2.57. The van der Waals surface area contributed by atoms with Crippen molar-refractivity contribution in [1.82, 2.24) is 4.57 Å². The third kappa shape index (κ3) is 5.98. The summed E-state index contributed by atoms with van der Waals surface area (Å²) in [5.41, 5.74) is 1.45. The Morgan fingerprint density at radius 1 is 0.936 bits per heavy atom. The van der Waals surface area contributed by atoms with E-state index in [-0.39, 0.29) is 6.54 Å². The van der Waals surface area contributed by atoms with E-state index in [4.69, 9.17) is 0 Å². The van der Waals surface area contributed by atoms with Gasteiger partial charge in [0.05, 0.1) is 22.2 Å². The van der Waals surface area contributed by atoms with Gasteiger partial charge in [-0.1, -0.05) is 59.5 Å². The Balaban J connectivity index is 1.44. The van der Waals surface area contributed by atoms with E-state index in [1.54, 1.807) is 18.2 Å². The molecule has 3 amide bonds. The molecule has 2 aliphatic rings. The molecule has 8 nitrogen and oxygen atoms in total. The van der Waals surface area contributed by atoms with Gasteiger partial charge in [-0.15, -0.1) is 0 Å². The number of amides is 3. The zero-order valence-corrected chi connectivity index (χ0v) is 27.3. The van der Waals surface area contributed by atoms with Crippen molar-refractivity contribution in [3.63, 3.8) is 0 Å². The third-order valence-electron chi connectivity index (χ3n) is 8.48. The van der Waals surface area contributed by atoms with Crippen LogP contribution in [0.25, 0.3) is 0 Å². The van der Waals surface area contributed by atoms with Gasteiger partial charge >= 0.3 is 11.0 Å². The van der Waals surface area contributed by atoms with Gasteiger partial charge in [0.2, 0.25) is 17.7 Å². The van der Waals surface area contributed by atoms with Crippen molar-refractivity contribution in [3.8, 4) is 0 Å². The van der Waals surface area contributed by atoms with Crippen LogP contribution in [0.4, 0.5) is 30.2 Å². The summed E-state index contributed by atoms with van der Waals surface area (Å²) in [6.07, 6.45) is -4.80. The summed E-state index contributed by atoms with van der Waals surface area (Å²) in [7, 11) is 0. The molecule has 3 aromatic carbocycles. The second kappa shape index (κ2) is 12.7. The van der Waals surface area contributed by atoms with Gasteiger partial charge in [0.15, 0.2) is 0 Å². The molecule has 1 saturated heterocycles. The van der Waals surface area contributed by atoms with Crippen LogP contribution in [0.3, 0.4) is 0 Å². The van der Waals surface area contributed by atoms with Crippen LogP contribution in [0.2, 0.25) is 0 Å². The number of imide groups is 1. The predicted molar refractivity (Wildman–Crippen MR) is 177 cm³/mol. The van der Waals surface area contributed by atoms with E-state index in [2.05, 4.69) is 10.2 Å². The number of thioether (sulfide) groups is 1. The zero-order chi connectivity index (χ0) is 33.6. The van der Waals surface area contributed by atoms with Gasteiger partial charge < -0.3 is 10.2 Å². The van der Waals surface area contributed by atoms with Gasteiger partial charge in [-0.25, -0.2) is 4.90 Å². The maximum absolute atomic E-state index is 14.2. The highest BCUT2D eigenvalue weighted by Crippen LogP contribution is 2.54. The monoisotopic (exact) mass is 680 g/mol. The number of para-hydroxylation sites is 1. The van der Waals surface area contributed by atoms with Crippen LogP contribution in [-0.4, -0.2) is 40.6 Å². The lowest BCUT2D eigenvalue weighted by Gasteiger charge is -2.31. The fourth-order valence-electron chi connectivity index (χ4n) is 6.31. The number of nitrogens with one attached hydrogen (secondary N) is 1. The molecule has 0 saturated carbocycles. The second-order valence-electron chi connectivity index (χ2n) is 11.4. The van der Waals surface area contributed by atoms with Gasteiger partial charge in [-0.05, 0) is 68.3 Å². The minimum absolute atomic E-state index is 0.348. The van der Waals surface area contributed by atoms with Crippen molar-refractivity contribution >= 4 is 57.9 Å². The van der Waals surface area contributed by atoms with Gasteiger partial charge in [0.25, 0.3) is 0 Å². The lowest BCUT2D eigenvalue weighted by atomic mass is 9.83. The fraction of sp³-hybridized carbons (Fsp3) is 0.294. The number of aromatic nitrogens is 1. The number of aryl methyl sites for hydroxylation is 1. The van der Waals surface area contributed by atoms with Crippen LogP contribution < -0.4 is 20.0 Å². The van der Waals surface area contributed by atoms with Crippen LogP contribution in [0.15, 0.2) is 82.6 Å². The molecule has 2 unspecified atom stereocenters. The van der Waals surface area contributed by atoms with Crippen LogP contribution in [0.5, 0.6) is 0 Å². The summed E-state index contributed by atoms with van der Waals surface area (Å²) in [6, 6.07) is 19.2. The molecule has 3 heterocycles. The SMILES string of the molecule is CCN(CC)c1ccc([C@H]2c3sc(=O)n(CC(=O)Nc4cccc(C)c4)c3SC3C(=O)N(c4ccccc4C(F)(F)F)C(=O)C32)cc1. The van der Waals surface area contributed by atoms with Gasteiger partial charge in [-0.3, -0.25) is 23.7 Å². The molecule has 3 atom stereocenters. The first kappa shape index (κ1) is 32.6. The Hall–Kier alpha value is -4.36. The summed E-state index contributed by atoms with van der Waals surface area (Å²) in [5.74, 6) is -3.91. The van der Waals surface area contributed by atoms with Crippen LogP contribution >= 0.6 is 23.1 Å². The van der Waals surface area contributed by atoms with Gasteiger partial charge in [0.1, 0.15) is 11.8 Å². The average Bonchev–Trinajstić information content (AvgIpc) is 3.47. The minimum Gasteiger partial charge on any atom is -0.372 e. The summed E-state index contributed by atoms with van der Waals surface area (Å²) < 4.78 is 43.5. The number of rotatable bonds is 8. The van der Waals surface area contributed by atoms with E-state index < -0.39 is 57.1 Å². The zero-order valence-electron chi connectivity index (χ0n) is 25.7. The van der Waals surface area contributed by atoms with Crippen LogP contribution in [0, 0.1) is 12.8 Å². The summed E-state index contributed by atoms with van der Waals surface area (Å²) in [5, 5.41) is 2.02. The Morgan fingerprint density at radius 3 is 2.30 bits per heavy atom. The predicted octanol–water partition coefficient (Wildman–Crippen LogP) is 6.52. The quantitative estimate of drug-likeness (QED) is 0.213. The number of nitrogens with zero attached hydrogens (tertiary/aromatic N) is 3. The number of hydrogen-bond acceptors (Lipinski definition) is 7. The number of anilines is 3. The number of carbonyl (C=O) groups excluding carboxylic acids is 3. The van der Waals surface area contributed by atoms with Crippen LogP contribution in [-0.2, 0) is 27.1 Å². The Kier molecular flexibility index (Phi) is 8.79. The van der Waals surface area contributed by atoms with Crippen LogP contribution in [0.1, 0.15) is 41.3 Å². The first-order valence-corrected chi connectivity index (χ1v) is 16.8. The molecule has 6 rings (SSSR count). The number of thiazole rings is 1. The van der Waals surface area contributed by atoms with E-state index >= 15 is 0 Å². The number of hydrogen-bond donors (Lipinski definition) is 1. The molecule has 0 aliphatic carbocycles. The smallest absolute Gasteiger partial charge is 0.372 e. The molecule has 244 valence electrons. The molecule has 0 bridgehead atoms. The molecule has 4 aromatic rings. The normalized spacial score (nSPS) is 19.0. The van der Waals surface area contributed by atoms with Crippen molar-refractivity contribution in [2.75, 3.05) is 28.2 Å². The topological polar surface area (TPSA) is 91.7 Å². The van der Waals surface area contributed by atoms with E-state index in [1.807, 2.05) is 51.1 Å². The molecular weight excluding hydrogens is 650 g/mol. The Bertz CT molecular complexity index is 1920. The lowest BCUT2D eigenvalue weighted by Crippen LogP contribution is -2.33. The number of fused-ring (bicyclic) bond motifs is 2. The van der Waals surface area contributed by atoms with Crippen molar-refractivity contribution < 1.29 is 27.6 Å². The highest BCUT2D eigenvalue weighted by molar-refractivity contribution is 8.00. The molecule has 1 aromatic heterocycles. The highest BCUT2D eigenvalue weighted by atomic mass is 32.2. The Morgan fingerprint density at radius 2 is 1.64 bits per heavy atom. The molecular formula is C34H31F3N4O4S2. The number of alkyl halides is 3. The fourth-order valence-corrected chi connectivity index (χ4v) is 9.08. The molecule has 13 heteroatoms. The molecule has 0 radical (unpaired) electrons. The third-order valence-corrected chi connectivity index (χ3v) is 11.1. The number of carbonyl (C=O) groups is 3. The first-order chi connectivity index (χ1) is 22.4.